The fourth-order valence-corrected chi connectivity index (χ4v) is 2.05. The molecule has 0 atom stereocenters. The molecule has 25 heavy (non-hydrogen) atoms. The van der Waals surface area contributed by atoms with Gasteiger partial charge in [-0.2, -0.15) is 0 Å². The number of guanidine groups is 1. The Hall–Kier alpha value is -3.06. The number of para-hydroxylation sites is 1. The van der Waals surface area contributed by atoms with Crippen LogP contribution in [0.15, 0.2) is 48.5 Å². The van der Waals surface area contributed by atoms with Gasteiger partial charge in [0.1, 0.15) is 0 Å². The minimum atomic E-state index is -0.517. The highest BCUT2D eigenvalue weighted by atomic mass is 35.5. The first-order chi connectivity index (χ1) is 11.5. The van der Waals surface area contributed by atoms with Gasteiger partial charge < -0.3 is 21.1 Å². The number of ether oxygens (including phenoxy) is 1. The first-order valence-electron chi connectivity index (χ1n) is 7.17. The maximum Gasteiger partial charge on any atom is 0.339 e. The summed E-state index contributed by atoms with van der Waals surface area (Å²) in [6.07, 6.45) is 0. The van der Waals surface area contributed by atoms with Gasteiger partial charge in [-0.05, 0) is 29.8 Å². The number of rotatable bonds is 5. The van der Waals surface area contributed by atoms with Crippen LogP contribution in [-0.4, -0.2) is 24.9 Å². The van der Waals surface area contributed by atoms with Crippen molar-refractivity contribution in [2.75, 3.05) is 12.4 Å². The zero-order valence-corrected chi connectivity index (χ0v) is 14.4. The molecular weight excluding hydrogens is 344 g/mol. The van der Waals surface area contributed by atoms with Crippen LogP contribution in [0.5, 0.6) is 0 Å². The topological polar surface area (TPSA) is 117 Å². The molecule has 5 N–H and O–H groups in total. The van der Waals surface area contributed by atoms with Crippen LogP contribution in [0.25, 0.3) is 0 Å². The number of nitrogens with two attached hydrogens (primary N) is 1. The third-order valence-electron chi connectivity index (χ3n) is 3.28. The quantitative estimate of drug-likeness (QED) is 0.369. The summed E-state index contributed by atoms with van der Waals surface area (Å²) in [5.41, 5.74) is 7.23. The van der Waals surface area contributed by atoms with Gasteiger partial charge >= 0.3 is 5.97 Å². The van der Waals surface area contributed by atoms with Gasteiger partial charge in [0.05, 0.1) is 18.4 Å². The van der Waals surface area contributed by atoms with Crippen molar-refractivity contribution in [1.29, 1.82) is 5.41 Å². The lowest BCUT2D eigenvalue weighted by molar-refractivity contribution is 0.0602. The van der Waals surface area contributed by atoms with Gasteiger partial charge in [0.15, 0.2) is 5.96 Å². The molecule has 2 aromatic rings. The van der Waals surface area contributed by atoms with Gasteiger partial charge in [-0.1, -0.05) is 24.3 Å². The molecule has 0 heterocycles. The number of carbonyl (C=O) groups excluding carboxylic acids is 2. The van der Waals surface area contributed by atoms with E-state index in [9.17, 15) is 9.59 Å². The van der Waals surface area contributed by atoms with Crippen molar-refractivity contribution in [3.8, 4) is 0 Å². The van der Waals surface area contributed by atoms with Crippen LogP contribution in [0.1, 0.15) is 26.3 Å². The van der Waals surface area contributed by atoms with Crippen molar-refractivity contribution >= 4 is 35.9 Å². The Balaban J connectivity index is 0.00000312. The molecule has 0 aliphatic rings. The molecule has 0 aliphatic heterocycles. The molecule has 1 amide bonds. The average Bonchev–Trinajstić information content (AvgIpc) is 2.60. The van der Waals surface area contributed by atoms with Crippen LogP contribution < -0.4 is 16.4 Å². The van der Waals surface area contributed by atoms with E-state index in [1.54, 1.807) is 48.5 Å². The summed E-state index contributed by atoms with van der Waals surface area (Å²) in [6, 6.07) is 13.5. The van der Waals surface area contributed by atoms with Gasteiger partial charge in [0.25, 0.3) is 5.91 Å². The summed E-state index contributed by atoms with van der Waals surface area (Å²) >= 11 is 0. The number of benzene rings is 2. The molecule has 0 bridgehead atoms. The Bertz CT molecular complexity index is 763. The molecule has 0 saturated heterocycles. The number of halogens is 1. The number of carbonyl (C=O) groups is 2. The molecule has 2 rings (SSSR count). The Morgan fingerprint density at radius 3 is 2.36 bits per heavy atom. The highest BCUT2D eigenvalue weighted by molar-refractivity contribution is 6.08. The van der Waals surface area contributed by atoms with Crippen LogP contribution in [0, 0.1) is 5.41 Å². The smallest absolute Gasteiger partial charge is 0.339 e. The molecular formula is C17H19ClN4O3. The minimum Gasteiger partial charge on any atom is -0.465 e. The molecule has 7 nitrogen and oxygen atoms in total. The van der Waals surface area contributed by atoms with E-state index in [0.29, 0.717) is 17.8 Å². The average molecular weight is 363 g/mol. The zero-order valence-electron chi connectivity index (χ0n) is 13.5. The Labute approximate surface area is 151 Å². The van der Waals surface area contributed by atoms with Crippen LogP contribution in [0.4, 0.5) is 5.69 Å². The van der Waals surface area contributed by atoms with Crippen LogP contribution in [-0.2, 0) is 11.3 Å². The van der Waals surface area contributed by atoms with Crippen LogP contribution >= 0.6 is 12.4 Å². The van der Waals surface area contributed by atoms with E-state index >= 15 is 0 Å². The van der Waals surface area contributed by atoms with E-state index in [0.717, 1.165) is 5.56 Å². The van der Waals surface area contributed by atoms with E-state index in [4.69, 9.17) is 15.9 Å². The Kier molecular flexibility index (Phi) is 7.43. The highest BCUT2D eigenvalue weighted by Gasteiger charge is 2.14. The summed E-state index contributed by atoms with van der Waals surface area (Å²) < 4.78 is 4.70. The standard InChI is InChI=1S/C17H18N4O3.ClH/c1-24-16(23)13-4-2-3-5-14(13)21-15(22)12-8-6-11(7-9-12)10-20-17(18)19;/h2-9H,10H2,1H3,(H,21,22)(H4,18,19,20);1H. The molecule has 0 unspecified atom stereocenters. The van der Waals surface area contributed by atoms with Gasteiger partial charge in [-0.3, -0.25) is 10.2 Å². The normalized spacial score (nSPS) is 9.48. The second kappa shape index (κ2) is 9.29. The maximum atomic E-state index is 12.3. The molecule has 8 heteroatoms. The minimum absolute atomic E-state index is 0. The lowest BCUT2D eigenvalue weighted by Gasteiger charge is -2.10. The number of methoxy groups -OCH3 is 1. The number of hydrogen-bond acceptors (Lipinski definition) is 4. The highest BCUT2D eigenvalue weighted by Crippen LogP contribution is 2.17. The van der Waals surface area contributed by atoms with Gasteiger partial charge in [0.2, 0.25) is 0 Å². The number of anilines is 1. The van der Waals surface area contributed by atoms with Crippen molar-refractivity contribution in [3.05, 3.63) is 65.2 Å². The first-order valence-corrected chi connectivity index (χ1v) is 7.17. The monoisotopic (exact) mass is 362 g/mol. The number of nitrogens with one attached hydrogen (secondary N) is 3. The van der Waals surface area contributed by atoms with E-state index in [1.165, 1.54) is 7.11 Å². The van der Waals surface area contributed by atoms with Crippen molar-refractivity contribution in [2.45, 2.75) is 6.54 Å². The lowest BCUT2D eigenvalue weighted by Crippen LogP contribution is -2.29. The number of hydrogen-bond donors (Lipinski definition) is 4. The van der Waals surface area contributed by atoms with Crippen LogP contribution in [0.3, 0.4) is 0 Å². The van der Waals surface area contributed by atoms with Gasteiger partial charge in [-0.15, -0.1) is 12.4 Å². The Morgan fingerprint density at radius 2 is 1.76 bits per heavy atom. The predicted octanol–water partition coefficient (Wildman–Crippen LogP) is 2.13. The summed E-state index contributed by atoms with van der Waals surface area (Å²) in [5, 5.41) is 12.5. The van der Waals surface area contributed by atoms with E-state index in [-0.39, 0.29) is 29.8 Å². The fourth-order valence-electron chi connectivity index (χ4n) is 2.05. The number of esters is 1. The van der Waals surface area contributed by atoms with Gasteiger partial charge in [-0.25, -0.2) is 4.79 Å². The maximum absolute atomic E-state index is 12.3. The summed E-state index contributed by atoms with van der Waals surface area (Å²) in [4.78, 5) is 24.0. The fraction of sp³-hybridized carbons (Fsp3) is 0.118. The van der Waals surface area contributed by atoms with E-state index in [2.05, 4.69) is 10.6 Å². The molecule has 0 radical (unpaired) electrons. The summed E-state index contributed by atoms with van der Waals surface area (Å²) in [7, 11) is 1.29. The van der Waals surface area contributed by atoms with Crippen LogP contribution in [0.2, 0.25) is 0 Å². The molecule has 0 spiro atoms. The molecule has 0 saturated carbocycles. The van der Waals surface area contributed by atoms with Crippen molar-refractivity contribution in [3.63, 3.8) is 0 Å². The predicted molar refractivity (Wildman–Crippen MR) is 98.2 cm³/mol. The van der Waals surface area contributed by atoms with Crippen molar-refractivity contribution in [2.24, 2.45) is 5.73 Å². The second-order valence-corrected chi connectivity index (χ2v) is 4.96. The lowest BCUT2D eigenvalue weighted by atomic mass is 10.1. The molecule has 0 aromatic heterocycles. The molecule has 0 fully saturated rings. The van der Waals surface area contributed by atoms with Crippen molar-refractivity contribution in [1.82, 2.24) is 5.32 Å². The SMILES string of the molecule is COC(=O)c1ccccc1NC(=O)c1ccc(CNC(=N)N)cc1.Cl. The molecule has 2 aromatic carbocycles. The summed E-state index contributed by atoms with van der Waals surface area (Å²) in [5.74, 6) is -0.967. The molecule has 132 valence electrons. The third kappa shape index (κ3) is 5.50. The van der Waals surface area contributed by atoms with Crippen molar-refractivity contribution < 1.29 is 14.3 Å². The summed E-state index contributed by atoms with van der Waals surface area (Å²) in [6.45, 7) is 0.405. The molecule has 0 aliphatic carbocycles. The van der Waals surface area contributed by atoms with Gasteiger partial charge in [0, 0.05) is 12.1 Å². The zero-order chi connectivity index (χ0) is 17.5. The third-order valence-corrected chi connectivity index (χ3v) is 3.28. The largest absolute Gasteiger partial charge is 0.465 e. The van der Waals surface area contributed by atoms with E-state index < -0.39 is 5.97 Å². The number of amides is 1. The second-order valence-electron chi connectivity index (χ2n) is 4.96. The Morgan fingerprint density at radius 1 is 1.12 bits per heavy atom. The van der Waals surface area contributed by atoms with E-state index in [1.807, 2.05) is 0 Å². The first kappa shape index (κ1) is 20.0.